The van der Waals surface area contributed by atoms with Gasteiger partial charge in [0.15, 0.2) is 0 Å². The van der Waals surface area contributed by atoms with Crippen molar-refractivity contribution in [2.75, 3.05) is 5.32 Å². The lowest BCUT2D eigenvalue weighted by atomic mass is 9.87. The van der Waals surface area contributed by atoms with Crippen molar-refractivity contribution in [2.45, 2.75) is 46.6 Å². The van der Waals surface area contributed by atoms with E-state index in [-0.39, 0.29) is 17.9 Å². The fourth-order valence-corrected chi connectivity index (χ4v) is 2.07. The lowest BCUT2D eigenvalue weighted by Gasteiger charge is -2.26. The monoisotopic (exact) mass is 275 g/mol. The third-order valence-corrected chi connectivity index (χ3v) is 2.78. The summed E-state index contributed by atoms with van der Waals surface area (Å²) in [6, 6.07) is 5.27. The molecule has 1 rings (SSSR count). The number of aliphatic carboxylic acids is 1. The summed E-state index contributed by atoms with van der Waals surface area (Å²) in [5.74, 6) is -0.402. The smallest absolute Gasteiger partial charge is 0.305 e. The Kier molecular flexibility index (Phi) is 5.09. The SMILES string of the molecule is Cc1ccc(C#N)c(NC(CC(=O)O)CC(C)(C)C)n1. The first kappa shape index (κ1) is 16.0. The van der Waals surface area contributed by atoms with Crippen molar-refractivity contribution in [1.82, 2.24) is 4.98 Å². The van der Waals surface area contributed by atoms with Crippen LogP contribution in [0.25, 0.3) is 0 Å². The van der Waals surface area contributed by atoms with Crippen molar-refractivity contribution in [2.24, 2.45) is 5.41 Å². The number of carboxylic acid groups (broad SMARTS) is 1. The third kappa shape index (κ3) is 5.27. The quantitative estimate of drug-likeness (QED) is 0.862. The predicted octanol–water partition coefficient (Wildman–Crippen LogP) is 2.95. The van der Waals surface area contributed by atoms with E-state index in [0.717, 1.165) is 5.69 Å². The molecular weight excluding hydrogens is 254 g/mol. The molecule has 0 saturated carbocycles. The van der Waals surface area contributed by atoms with E-state index < -0.39 is 5.97 Å². The minimum atomic E-state index is -0.863. The van der Waals surface area contributed by atoms with Gasteiger partial charge in [-0.1, -0.05) is 20.8 Å². The van der Waals surface area contributed by atoms with Crippen molar-refractivity contribution in [3.8, 4) is 6.07 Å². The summed E-state index contributed by atoms with van der Waals surface area (Å²) in [4.78, 5) is 15.3. The van der Waals surface area contributed by atoms with Crippen LogP contribution >= 0.6 is 0 Å². The van der Waals surface area contributed by atoms with Gasteiger partial charge in [-0.05, 0) is 30.9 Å². The molecule has 108 valence electrons. The number of pyridine rings is 1. The first-order valence-electron chi connectivity index (χ1n) is 6.57. The van der Waals surface area contributed by atoms with E-state index in [1.807, 2.05) is 6.92 Å². The topological polar surface area (TPSA) is 86.0 Å². The number of carbonyl (C=O) groups is 1. The molecule has 0 spiro atoms. The van der Waals surface area contributed by atoms with Crippen LogP contribution in [0.2, 0.25) is 0 Å². The lowest BCUT2D eigenvalue weighted by molar-refractivity contribution is -0.137. The highest BCUT2D eigenvalue weighted by molar-refractivity contribution is 5.68. The summed E-state index contributed by atoms with van der Waals surface area (Å²) >= 11 is 0. The molecule has 0 saturated heterocycles. The van der Waals surface area contributed by atoms with E-state index in [1.165, 1.54) is 0 Å². The number of nitrogens with one attached hydrogen (secondary N) is 1. The zero-order valence-electron chi connectivity index (χ0n) is 12.4. The average Bonchev–Trinajstić information content (AvgIpc) is 2.25. The molecule has 0 aliphatic rings. The Morgan fingerprint density at radius 1 is 1.50 bits per heavy atom. The maximum atomic E-state index is 11.0. The van der Waals surface area contributed by atoms with Crippen molar-refractivity contribution < 1.29 is 9.90 Å². The van der Waals surface area contributed by atoms with Crippen LogP contribution in [0.3, 0.4) is 0 Å². The second-order valence-electron chi connectivity index (χ2n) is 6.16. The van der Waals surface area contributed by atoms with Crippen LogP contribution in [-0.4, -0.2) is 22.1 Å². The summed E-state index contributed by atoms with van der Waals surface area (Å²) in [7, 11) is 0. The van der Waals surface area contributed by atoms with Crippen LogP contribution in [0.4, 0.5) is 5.82 Å². The molecule has 0 aromatic carbocycles. The Balaban J connectivity index is 2.97. The van der Waals surface area contributed by atoms with Gasteiger partial charge in [0, 0.05) is 11.7 Å². The molecule has 0 aliphatic carbocycles. The zero-order chi connectivity index (χ0) is 15.3. The summed E-state index contributed by atoms with van der Waals surface area (Å²) in [5, 5.41) is 21.2. The van der Waals surface area contributed by atoms with Crippen LogP contribution in [0, 0.1) is 23.7 Å². The zero-order valence-corrected chi connectivity index (χ0v) is 12.4. The second kappa shape index (κ2) is 6.38. The number of hydrogen-bond acceptors (Lipinski definition) is 4. The van der Waals surface area contributed by atoms with Gasteiger partial charge in [0.1, 0.15) is 11.9 Å². The molecular formula is C15H21N3O2. The molecule has 0 bridgehead atoms. The Bertz CT molecular complexity index is 527. The van der Waals surface area contributed by atoms with Crippen LogP contribution in [0.5, 0.6) is 0 Å². The summed E-state index contributed by atoms with van der Waals surface area (Å²) < 4.78 is 0. The fraction of sp³-hybridized carbons (Fsp3) is 0.533. The Morgan fingerprint density at radius 3 is 2.65 bits per heavy atom. The van der Waals surface area contributed by atoms with Crippen LogP contribution in [0.1, 0.15) is 44.9 Å². The molecule has 1 atom stereocenters. The largest absolute Gasteiger partial charge is 0.481 e. The van der Waals surface area contributed by atoms with Crippen molar-refractivity contribution in [1.29, 1.82) is 5.26 Å². The summed E-state index contributed by atoms with van der Waals surface area (Å²) in [6.07, 6.45) is 0.678. The molecule has 20 heavy (non-hydrogen) atoms. The van der Waals surface area contributed by atoms with E-state index in [4.69, 9.17) is 10.4 Å². The summed E-state index contributed by atoms with van der Waals surface area (Å²) in [5.41, 5.74) is 1.21. The number of nitriles is 1. The van der Waals surface area contributed by atoms with Gasteiger partial charge < -0.3 is 10.4 Å². The first-order valence-corrected chi connectivity index (χ1v) is 6.57. The molecule has 5 nitrogen and oxygen atoms in total. The maximum Gasteiger partial charge on any atom is 0.305 e. The van der Waals surface area contributed by atoms with Crippen molar-refractivity contribution in [3.63, 3.8) is 0 Å². The highest BCUT2D eigenvalue weighted by Gasteiger charge is 2.22. The van der Waals surface area contributed by atoms with Gasteiger partial charge in [0.05, 0.1) is 12.0 Å². The Morgan fingerprint density at radius 2 is 2.15 bits per heavy atom. The van der Waals surface area contributed by atoms with E-state index >= 15 is 0 Å². The number of aryl methyl sites for hydroxylation is 1. The lowest BCUT2D eigenvalue weighted by Crippen LogP contribution is -2.29. The normalized spacial score (nSPS) is 12.6. The molecule has 0 radical (unpaired) electrons. The average molecular weight is 275 g/mol. The van der Waals surface area contributed by atoms with Gasteiger partial charge in [-0.15, -0.1) is 0 Å². The molecule has 1 unspecified atom stereocenters. The van der Waals surface area contributed by atoms with Crippen LogP contribution in [-0.2, 0) is 4.79 Å². The van der Waals surface area contributed by atoms with Crippen LogP contribution in [0.15, 0.2) is 12.1 Å². The van der Waals surface area contributed by atoms with Gasteiger partial charge in [-0.3, -0.25) is 4.79 Å². The standard InChI is InChI=1S/C15H21N3O2/c1-10-5-6-11(9-16)14(17-10)18-12(7-13(19)20)8-15(2,3)4/h5-6,12H,7-8H2,1-4H3,(H,17,18)(H,19,20). The highest BCUT2D eigenvalue weighted by atomic mass is 16.4. The number of aromatic nitrogens is 1. The predicted molar refractivity (Wildman–Crippen MR) is 77.4 cm³/mol. The number of nitrogens with zero attached hydrogens (tertiary/aromatic N) is 2. The minimum Gasteiger partial charge on any atom is -0.481 e. The molecule has 0 fully saturated rings. The number of anilines is 1. The highest BCUT2D eigenvalue weighted by Crippen LogP contribution is 2.25. The van der Waals surface area contributed by atoms with Crippen molar-refractivity contribution in [3.05, 3.63) is 23.4 Å². The first-order chi connectivity index (χ1) is 9.21. The van der Waals surface area contributed by atoms with Gasteiger partial charge >= 0.3 is 5.97 Å². The Labute approximate surface area is 119 Å². The van der Waals surface area contributed by atoms with E-state index in [2.05, 4.69) is 37.1 Å². The molecule has 0 aliphatic heterocycles. The van der Waals surface area contributed by atoms with E-state index in [1.54, 1.807) is 12.1 Å². The molecule has 1 aromatic rings. The van der Waals surface area contributed by atoms with Crippen LogP contribution < -0.4 is 5.32 Å². The van der Waals surface area contributed by atoms with Gasteiger partial charge in [0.2, 0.25) is 0 Å². The summed E-state index contributed by atoms with van der Waals surface area (Å²) in [6.45, 7) is 8.00. The molecule has 2 N–H and O–H groups in total. The minimum absolute atomic E-state index is 0.00222. The molecule has 1 heterocycles. The number of hydrogen-bond donors (Lipinski definition) is 2. The third-order valence-electron chi connectivity index (χ3n) is 2.78. The Hall–Kier alpha value is -2.09. The number of carboxylic acids is 1. The second-order valence-corrected chi connectivity index (χ2v) is 6.16. The van der Waals surface area contributed by atoms with E-state index in [9.17, 15) is 4.79 Å². The van der Waals surface area contributed by atoms with E-state index in [0.29, 0.717) is 17.8 Å². The molecule has 1 aromatic heterocycles. The van der Waals surface area contributed by atoms with Crippen molar-refractivity contribution >= 4 is 11.8 Å². The van der Waals surface area contributed by atoms with Gasteiger partial charge in [0.25, 0.3) is 0 Å². The van der Waals surface area contributed by atoms with Gasteiger partial charge in [-0.25, -0.2) is 4.98 Å². The van der Waals surface area contributed by atoms with Gasteiger partial charge in [-0.2, -0.15) is 5.26 Å². The fourth-order valence-electron chi connectivity index (χ4n) is 2.07. The molecule has 5 heteroatoms. The maximum absolute atomic E-state index is 11.0. The molecule has 0 amide bonds. The number of rotatable bonds is 5.